The fourth-order valence-electron chi connectivity index (χ4n) is 2.44. The number of carbonyl (C=O) groups is 1. The Bertz CT molecular complexity index is 565. The third kappa shape index (κ3) is 3.26. The molecule has 2 aromatic rings. The first-order valence-electron chi connectivity index (χ1n) is 6.69. The van der Waals surface area contributed by atoms with Crippen molar-refractivity contribution in [3.63, 3.8) is 0 Å². The van der Waals surface area contributed by atoms with Gasteiger partial charge in [0.15, 0.2) is 0 Å². The van der Waals surface area contributed by atoms with Gasteiger partial charge in [0, 0.05) is 24.3 Å². The molecule has 1 amide bonds. The number of aryl methyl sites for hydroxylation is 1. The highest BCUT2D eigenvalue weighted by atomic mass is 32.1. The van der Waals surface area contributed by atoms with E-state index in [0.717, 1.165) is 5.56 Å². The van der Waals surface area contributed by atoms with E-state index in [1.165, 1.54) is 10.4 Å². The van der Waals surface area contributed by atoms with Crippen molar-refractivity contribution in [3.8, 4) is 0 Å². The summed E-state index contributed by atoms with van der Waals surface area (Å²) < 4.78 is 0. The average Bonchev–Trinajstić information content (AvgIpc) is 2.85. The Morgan fingerprint density at radius 1 is 1.30 bits per heavy atom. The van der Waals surface area contributed by atoms with Crippen molar-refractivity contribution in [3.05, 3.63) is 57.8 Å². The van der Waals surface area contributed by atoms with E-state index in [1.807, 2.05) is 18.2 Å². The summed E-state index contributed by atoms with van der Waals surface area (Å²) in [5.74, 6) is 0.0506. The zero-order valence-electron chi connectivity index (χ0n) is 11.8. The van der Waals surface area contributed by atoms with Gasteiger partial charge in [-0.2, -0.15) is 0 Å². The van der Waals surface area contributed by atoms with Crippen LogP contribution in [0.5, 0.6) is 0 Å². The monoisotopic (exact) mass is 288 g/mol. The van der Waals surface area contributed by atoms with Crippen molar-refractivity contribution in [1.29, 1.82) is 0 Å². The molecule has 0 saturated heterocycles. The smallest absolute Gasteiger partial charge is 0.217 e. The summed E-state index contributed by atoms with van der Waals surface area (Å²) in [7, 11) is 0. The van der Waals surface area contributed by atoms with E-state index >= 15 is 0 Å². The summed E-state index contributed by atoms with van der Waals surface area (Å²) >= 11 is 1.67. The molecule has 0 radical (unpaired) electrons. The minimum Gasteiger partial charge on any atom is -0.348 e. The molecule has 4 heteroatoms. The van der Waals surface area contributed by atoms with Gasteiger partial charge >= 0.3 is 0 Å². The Labute approximate surface area is 123 Å². The number of rotatable bonds is 5. The second-order valence-electron chi connectivity index (χ2n) is 4.90. The number of nitrogens with two attached hydrogens (primary N) is 1. The Hall–Kier alpha value is -1.65. The van der Waals surface area contributed by atoms with Crippen molar-refractivity contribution in [1.82, 2.24) is 5.32 Å². The van der Waals surface area contributed by atoms with Gasteiger partial charge in [-0.15, -0.1) is 11.3 Å². The van der Waals surface area contributed by atoms with Gasteiger partial charge in [0.2, 0.25) is 5.91 Å². The second-order valence-corrected chi connectivity index (χ2v) is 5.85. The molecule has 2 unspecified atom stereocenters. The lowest BCUT2D eigenvalue weighted by molar-refractivity contribution is -0.119. The Morgan fingerprint density at radius 2 is 2.00 bits per heavy atom. The molecule has 0 aliphatic heterocycles. The van der Waals surface area contributed by atoms with Crippen molar-refractivity contribution in [2.45, 2.75) is 25.8 Å². The Kier molecular flexibility index (Phi) is 4.93. The van der Waals surface area contributed by atoms with Crippen molar-refractivity contribution < 1.29 is 4.79 Å². The van der Waals surface area contributed by atoms with Crippen LogP contribution in [0.25, 0.3) is 0 Å². The molecule has 20 heavy (non-hydrogen) atoms. The number of benzene rings is 1. The lowest BCUT2D eigenvalue weighted by atomic mass is 9.89. The molecule has 1 aromatic heterocycles. The molecule has 1 aromatic carbocycles. The van der Waals surface area contributed by atoms with Gasteiger partial charge in [0.1, 0.15) is 0 Å². The molecule has 3 nitrogen and oxygen atoms in total. The van der Waals surface area contributed by atoms with Crippen LogP contribution >= 0.6 is 11.3 Å². The number of hydrogen-bond acceptors (Lipinski definition) is 3. The van der Waals surface area contributed by atoms with Crippen LogP contribution in [0.3, 0.4) is 0 Å². The molecule has 106 valence electrons. The fraction of sp³-hybridized carbons (Fsp3) is 0.312. The normalized spacial score (nSPS) is 13.8. The number of nitrogens with one attached hydrogen (secondary N) is 1. The predicted molar refractivity (Wildman–Crippen MR) is 83.9 cm³/mol. The van der Waals surface area contributed by atoms with Gasteiger partial charge in [-0.1, -0.05) is 30.3 Å². The number of hydrogen-bond donors (Lipinski definition) is 2. The maximum atomic E-state index is 11.6. The first-order valence-corrected chi connectivity index (χ1v) is 7.57. The zero-order chi connectivity index (χ0) is 14.5. The number of thiophene rings is 1. The van der Waals surface area contributed by atoms with E-state index in [2.05, 4.69) is 35.8 Å². The Morgan fingerprint density at radius 3 is 2.50 bits per heavy atom. The lowest BCUT2D eigenvalue weighted by Gasteiger charge is -2.27. The molecule has 2 rings (SSSR count). The molecule has 3 N–H and O–H groups in total. The van der Waals surface area contributed by atoms with Crippen LogP contribution in [0.4, 0.5) is 0 Å². The van der Waals surface area contributed by atoms with Gasteiger partial charge < -0.3 is 11.1 Å². The summed E-state index contributed by atoms with van der Waals surface area (Å²) in [6, 6.07) is 12.1. The highest BCUT2D eigenvalue weighted by Gasteiger charge is 2.26. The van der Waals surface area contributed by atoms with Crippen molar-refractivity contribution in [2.75, 3.05) is 6.54 Å². The molecule has 0 fully saturated rings. The molecule has 0 saturated carbocycles. The zero-order valence-corrected chi connectivity index (χ0v) is 12.6. The number of amides is 1. The molecule has 2 atom stereocenters. The highest BCUT2D eigenvalue weighted by molar-refractivity contribution is 7.10. The van der Waals surface area contributed by atoms with Crippen LogP contribution in [-0.2, 0) is 4.79 Å². The van der Waals surface area contributed by atoms with Crippen molar-refractivity contribution >= 4 is 17.2 Å². The molecule has 1 heterocycles. The average molecular weight is 288 g/mol. The molecule has 0 spiro atoms. The first-order chi connectivity index (χ1) is 9.63. The quantitative estimate of drug-likeness (QED) is 0.888. The topological polar surface area (TPSA) is 55.1 Å². The Balaban J connectivity index is 2.39. The van der Waals surface area contributed by atoms with Crippen LogP contribution in [0.15, 0.2) is 41.8 Å². The third-order valence-electron chi connectivity index (χ3n) is 3.43. The van der Waals surface area contributed by atoms with E-state index < -0.39 is 0 Å². The van der Waals surface area contributed by atoms with Gasteiger partial charge in [0.05, 0.1) is 6.04 Å². The van der Waals surface area contributed by atoms with Gasteiger partial charge in [-0.3, -0.25) is 4.79 Å². The summed E-state index contributed by atoms with van der Waals surface area (Å²) in [5.41, 5.74) is 8.34. The molecule has 0 aliphatic rings. The van der Waals surface area contributed by atoms with Crippen molar-refractivity contribution in [2.24, 2.45) is 5.73 Å². The standard InChI is InChI=1S/C16H20N2OS/c1-11-8-9-20-16(11)15(18-12(2)19)14(10-17)13-6-4-3-5-7-13/h3-9,14-15H,10,17H2,1-2H3,(H,18,19). The predicted octanol–water partition coefficient (Wildman–Crippen LogP) is 2.98. The maximum absolute atomic E-state index is 11.6. The maximum Gasteiger partial charge on any atom is 0.217 e. The molecular formula is C16H20N2OS. The van der Waals surface area contributed by atoms with E-state index in [9.17, 15) is 4.79 Å². The van der Waals surface area contributed by atoms with Crippen LogP contribution in [-0.4, -0.2) is 12.5 Å². The minimum atomic E-state index is -0.0695. The van der Waals surface area contributed by atoms with Gasteiger partial charge in [-0.25, -0.2) is 0 Å². The lowest BCUT2D eigenvalue weighted by Crippen LogP contribution is -2.34. The molecule has 0 bridgehead atoms. The molecular weight excluding hydrogens is 268 g/mol. The largest absolute Gasteiger partial charge is 0.348 e. The van der Waals surface area contributed by atoms with E-state index in [4.69, 9.17) is 5.73 Å². The highest BCUT2D eigenvalue weighted by Crippen LogP contribution is 2.34. The fourth-order valence-corrected chi connectivity index (χ4v) is 3.48. The summed E-state index contributed by atoms with van der Waals surface area (Å²) in [4.78, 5) is 12.7. The summed E-state index contributed by atoms with van der Waals surface area (Å²) in [5, 5.41) is 5.12. The van der Waals surface area contributed by atoms with Crippen LogP contribution in [0, 0.1) is 6.92 Å². The first kappa shape index (κ1) is 14.8. The summed E-state index contributed by atoms with van der Waals surface area (Å²) in [6.45, 7) is 4.11. The minimum absolute atomic E-state index is 0.0304. The van der Waals surface area contributed by atoms with Gasteiger partial charge in [0.25, 0.3) is 0 Å². The second kappa shape index (κ2) is 6.68. The SMILES string of the molecule is CC(=O)NC(c1sccc1C)C(CN)c1ccccc1. The van der Waals surface area contributed by atoms with Crippen LogP contribution < -0.4 is 11.1 Å². The molecule has 0 aliphatic carbocycles. The van der Waals surface area contributed by atoms with E-state index in [0.29, 0.717) is 6.54 Å². The summed E-state index contributed by atoms with van der Waals surface area (Å²) in [6.07, 6.45) is 0. The van der Waals surface area contributed by atoms with E-state index in [1.54, 1.807) is 18.3 Å². The third-order valence-corrected chi connectivity index (χ3v) is 4.53. The van der Waals surface area contributed by atoms with Gasteiger partial charge in [-0.05, 0) is 29.5 Å². The van der Waals surface area contributed by atoms with E-state index in [-0.39, 0.29) is 17.9 Å². The van der Waals surface area contributed by atoms with Crippen LogP contribution in [0.1, 0.15) is 34.9 Å². The number of carbonyl (C=O) groups excluding carboxylic acids is 1. The van der Waals surface area contributed by atoms with Crippen LogP contribution in [0.2, 0.25) is 0 Å².